The summed E-state index contributed by atoms with van der Waals surface area (Å²) in [4.78, 5) is 4.11. The molecule has 15 heavy (non-hydrogen) atoms. The third-order valence-corrected chi connectivity index (χ3v) is 2.16. The second-order valence-electron chi connectivity index (χ2n) is 4.61. The van der Waals surface area contributed by atoms with E-state index < -0.39 is 0 Å². The zero-order valence-corrected chi connectivity index (χ0v) is 10.0. The normalized spacial score (nSPS) is 12.4. The average molecular weight is 211 g/mol. The van der Waals surface area contributed by atoms with Gasteiger partial charge in [0, 0.05) is 12.7 Å². The van der Waals surface area contributed by atoms with Crippen LogP contribution in [0.5, 0.6) is 0 Å². The van der Waals surface area contributed by atoms with Crippen molar-refractivity contribution in [3.8, 4) is 0 Å². The molecule has 2 N–H and O–H groups in total. The number of ether oxygens (including phenoxy) is 1. The first-order valence-electron chi connectivity index (χ1n) is 5.32. The molecule has 0 aliphatic rings. The average Bonchev–Trinajstić information content (AvgIpc) is 2.50. The van der Waals surface area contributed by atoms with E-state index in [-0.39, 0.29) is 11.6 Å². The third-order valence-electron chi connectivity index (χ3n) is 2.16. The quantitative estimate of drug-likeness (QED) is 0.803. The van der Waals surface area contributed by atoms with Gasteiger partial charge >= 0.3 is 0 Å². The monoisotopic (exact) mass is 211 g/mol. The van der Waals surface area contributed by atoms with Crippen molar-refractivity contribution in [1.82, 2.24) is 9.55 Å². The molecule has 0 saturated heterocycles. The van der Waals surface area contributed by atoms with Gasteiger partial charge < -0.3 is 15.0 Å². The van der Waals surface area contributed by atoms with Gasteiger partial charge in [-0.05, 0) is 27.7 Å². The second kappa shape index (κ2) is 4.77. The summed E-state index contributed by atoms with van der Waals surface area (Å²) in [6.07, 6.45) is 3.88. The summed E-state index contributed by atoms with van der Waals surface area (Å²) in [7, 11) is 0. The minimum Gasteiger partial charge on any atom is -0.377 e. The van der Waals surface area contributed by atoms with Crippen molar-refractivity contribution in [1.29, 1.82) is 0 Å². The van der Waals surface area contributed by atoms with E-state index in [0.29, 0.717) is 6.61 Å². The van der Waals surface area contributed by atoms with Gasteiger partial charge in [-0.2, -0.15) is 0 Å². The maximum absolute atomic E-state index is 6.03. The van der Waals surface area contributed by atoms with E-state index in [1.54, 1.807) is 6.33 Å². The van der Waals surface area contributed by atoms with Crippen LogP contribution < -0.4 is 5.73 Å². The van der Waals surface area contributed by atoms with Crippen molar-refractivity contribution in [3.63, 3.8) is 0 Å². The van der Waals surface area contributed by atoms with Gasteiger partial charge in [0.25, 0.3) is 0 Å². The molecular weight excluding hydrogens is 190 g/mol. The van der Waals surface area contributed by atoms with E-state index in [1.165, 1.54) is 0 Å². The fraction of sp³-hybridized carbons (Fsp3) is 0.727. The molecule has 0 amide bonds. The SMILES string of the molecule is CC(C)OCCn1cncc1C(C)(C)N. The Labute approximate surface area is 91.4 Å². The zero-order valence-electron chi connectivity index (χ0n) is 10.0. The molecule has 0 aromatic carbocycles. The Kier molecular flexibility index (Phi) is 3.88. The van der Waals surface area contributed by atoms with Gasteiger partial charge in [-0.1, -0.05) is 0 Å². The number of nitrogens with zero attached hydrogens (tertiary/aromatic N) is 2. The Morgan fingerprint density at radius 1 is 1.53 bits per heavy atom. The highest BCUT2D eigenvalue weighted by atomic mass is 16.5. The molecule has 1 heterocycles. The molecule has 0 bridgehead atoms. The lowest BCUT2D eigenvalue weighted by molar-refractivity contribution is 0.0719. The molecule has 0 aliphatic heterocycles. The van der Waals surface area contributed by atoms with Gasteiger partial charge in [-0.25, -0.2) is 4.98 Å². The van der Waals surface area contributed by atoms with Crippen LogP contribution in [-0.2, 0) is 16.8 Å². The van der Waals surface area contributed by atoms with Crippen LogP contribution in [0, 0.1) is 0 Å². The zero-order chi connectivity index (χ0) is 11.5. The summed E-state index contributed by atoms with van der Waals surface area (Å²) in [5.41, 5.74) is 6.72. The molecular formula is C11H21N3O. The number of aromatic nitrogens is 2. The van der Waals surface area contributed by atoms with Gasteiger partial charge in [-0.3, -0.25) is 0 Å². The lowest BCUT2D eigenvalue weighted by atomic mass is 10.0. The molecule has 0 fully saturated rings. The molecule has 0 spiro atoms. The van der Waals surface area contributed by atoms with Crippen molar-refractivity contribution in [2.24, 2.45) is 5.73 Å². The van der Waals surface area contributed by atoms with Crippen LogP contribution in [-0.4, -0.2) is 22.3 Å². The van der Waals surface area contributed by atoms with Crippen molar-refractivity contribution in [2.45, 2.75) is 45.9 Å². The van der Waals surface area contributed by atoms with Crippen molar-refractivity contribution in [3.05, 3.63) is 18.2 Å². The highest BCUT2D eigenvalue weighted by molar-refractivity contribution is 5.09. The number of hydrogen-bond donors (Lipinski definition) is 1. The highest BCUT2D eigenvalue weighted by Crippen LogP contribution is 2.15. The molecule has 0 atom stereocenters. The minimum atomic E-state index is -0.353. The fourth-order valence-corrected chi connectivity index (χ4v) is 1.42. The smallest absolute Gasteiger partial charge is 0.0949 e. The van der Waals surface area contributed by atoms with Gasteiger partial charge in [-0.15, -0.1) is 0 Å². The van der Waals surface area contributed by atoms with Gasteiger partial charge in [0.1, 0.15) is 0 Å². The topological polar surface area (TPSA) is 53.1 Å². The number of hydrogen-bond acceptors (Lipinski definition) is 3. The molecule has 0 unspecified atom stereocenters. The Bertz CT molecular complexity index is 299. The molecule has 1 aromatic heterocycles. The summed E-state index contributed by atoms with van der Waals surface area (Å²) in [6, 6.07) is 0. The van der Waals surface area contributed by atoms with Crippen LogP contribution in [0.3, 0.4) is 0 Å². The van der Waals surface area contributed by atoms with Gasteiger partial charge in [0.15, 0.2) is 0 Å². The summed E-state index contributed by atoms with van der Waals surface area (Å²) in [6.45, 7) is 9.50. The Morgan fingerprint density at radius 3 is 2.73 bits per heavy atom. The molecule has 86 valence electrons. The molecule has 0 saturated carbocycles. The first kappa shape index (κ1) is 12.2. The van der Waals surface area contributed by atoms with Crippen LogP contribution in [0.1, 0.15) is 33.4 Å². The standard InChI is InChI=1S/C11H21N3O/c1-9(2)15-6-5-14-8-13-7-10(14)11(3,4)12/h7-9H,5-6,12H2,1-4H3. The van der Waals surface area contributed by atoms with Crippen LogP contribution in [0.4, 0.5) is 0 Å². The third kappa shape index (κ3) is 3.64. The van der Waals surface area contributed by atoms with Crippen molar-refractivity contribution in [2.75, 3.05) is 6.61 Å². The lowest BCUT2D eigenvalue weighted by Gasteiger charge is -2.20. The van der Waals surface area contributed by atoms with Crippen LogP contribution in [0.15, 0.2) is 12.5 Å². The Hall–Kier alpha value is -0.870. The lowest BCUT2D eigenvalue weighted by Crippen LogP contribution is -2.32. The molecule has 0 aliphatic carbocycles. The molecule has 4 nitrogen and oxygen atoms in total. The van der Waals surface area contributed by atoms with Gasteiger partial charge in [0.2, 0.25) is 0 Å². The largest absolute Gasteiger partial charge is 0.377 e. The number of rotatable bonds is 5. The first-order valence-corrected chi connectivity index (χ1v) is 5.32. The predicted octanol–water partition coefficient (Wildman–Crippen LogP) is 1.50. The Morgan fingerprint density at radius 2 is 2.20 bits per heavy atom. The van der Waals surface area contributed by atoms with Crippen molar-refractivity contribution >= 4 is 0 Å². The minimum absolute atomic E-state index is 0.267. The van der Waals surface area contributed by atoms with Gasteiger partial charge in [0.05, 0.1) is 30.3 Å². The summed E-state index contributed by atoms with van der Waals surface area (Å²) < 4.78 is 7.54. The van der Waals surface area contributed by atoms with Crippen LogP contribution >= 0.6 is 0 Å². The number of nitrogens with two attached hydrogens (primary N) is 1. The highest BCUT2D eigenvalue weighted by Gasteiger charge is 2.18. The molecule has 4 heteroatoms. The van der Waals surface area contributed by atoms with E-state index >= 15 is 0 Å². The van der Waals surface area contributed by atoms with Crippen LogP contribution in [0.2, 0.25) is 0 Å². The Balaban J connectivity index is 2.58. The fourth-order valence-electron chi connectivity index (χ4n) is 1.42. The van der Waals surface area contributed by atoms with E-state index in [2.05, 4.69) is 4.98 Å². The predicted molar refractivity (Wildman–Crippen MR) is 60.5 cm³/mol. The van der Waals surface area contributed by atoms with E-state index in [0.717, 1.165) is 12.2 Å². The van der Waals surface area contributed by atoms with E-state index in [9.17, 15) is 0 Å². The molecule has 0 radical (unpaired) electrons. The van der Waals surface area contributed by atoms with Crippen molar-refractivity contribution < 1.29 is 4.74 Å². The summed E-state index contributed by atoms with van der Waals surface area (Å²) >= 11 is 0. The van der Waals surface area contributed by atoms with E-state index in [1.807, 2.05) is 38.5 Å². The molecule has 1 rings (SSSR count). The number of imidazole rings is 1. The first-order chi connectivity index (χ1) is 6.91. The maximum atomic E-state index is 6.03. The van der Waals surface area contributed by atoms with Crippen LogP contribution in [0.25, 0.3) is 0 Å². The summed E-state index contributed by atoms with van der Waals surface area (Å²) in [5, 5.41) is 0. The van der Waals surface area contributed by atoms with E-state index in [4.69, 9.17) is 10.5 Å². The molecule has 1 aromatic rings. The summed E-state index contributed by atoms with van der Waals surface area (Å²) in [5.74, 6) is 0. The maximum Gasteiger partial charge on any atom is 0.0949 e. The second-order valence-corrected chi connectivity index (χ2v) is 4.61.